The van der Waals surface area contributed by atoms with Gasteiger partial charge in [-0.15, -0.1) is 0 Å². The molecule has 1 atom stereocenters. The Morgan fingerprint density at radius 1 is 1.56 bits per heavy atom. The summed E-state index contributed by atoms with van der Waals surface area (Å²) in [6.07, 6.45) is 9.42. The van der Waals surface area contributed by atoms with Gasteiger partial charge < -0.3 is 9.30 Å². The van der Waals surface area contributed by atoms with Gasteiger partial charge in [-0.05, 0) is 32.6 Å². The number of ketones is 1. The second-order valence-electron chi connectivity index (χ2n) is 4.87. The molecule has 0 aromatic carbocycles. The van der Waals surface area contributed by atoms with Crippen molar-refractivity contribution in [3.8, 4) is 0 Å². The minimum absolute atomic E-state index is 0.269. The van der Waals surface area contributed by atoms with Gasteiger partial charge in [-0.1, -0.05) is 0 Å². The maximum Gasteiger partial charge on any atom is 0.140 e. The number of carbonyl (C=O) groups excluding carboxylic acids is 1. The number of hydrogen-bond donors (Lipinski definition) is 0. The van der Waals surface area contributed by atoms with Crippen molar-refractivity contribution >= 4 is 5.78 Å². The quantitative estimate of drug-likeness (QED) is 0.778. The van der Waals surface area contributed by atoms with Crippen molar-refractivity contribution in [2.75, 3.05) is 6.61 Å². The smallest absolute Gasteiger partial charge is 0.140 e. The third-order valence-electron chi connectivity index (χ3n) is 3.52. The third kappa shape index (κ3) is 3.67. The van der Waals surface area contributed by atoms with E-state index in [4.69, 9.17) is 4.74 Å². The van der Waals surface area contributed by atoms with Crippen LogP contribution in [0.25, 0.3) is 0 Å². The number of ether oxygens (including phenoxy) is 1. The first-order valence-corrected chi connectivity index (χ1v) is 6.93. The first kappa shape index (κ1) is 13.3. The largest absolute Gasteiger partial charge is 0.378 e. The highest BCUT2D eigenvalue weighted by molar-refractivity contribution is 5.80. The second-order valence-corrected chi connectivity index (χ2v) is 4.87. The molecule has 0 radical (unpaired) electrons. The standard InChI is InChI=1S/C14H22N2O2/c1-2-16-9-8-15-14(16)11-12(17)6-7-13-5-3-4-10-18-13/h8-9,13H,2-7,10-11H2,1H3. The molecule has 4 nitrogen and oxygen atoms in total. The topological polar surface area (TPSA) is 44.1 Å². The Morgan fingerprint density at radius 3 is 3.17 bits per heavy atom. The molecule has 1 unspecified atom stereocenters. The van der Waals surface area contributed by atoms with Gasteiger partial charge in [0.2, 0.25) is 0 Å². The van der Waals surface area contributed by atoms with Crippen molar-refractivity contribution in [3.63, 3.8) is 0 Å². The summed E-state index contributed by atoms with van der Waals surface area (Å²) < 4.78 is 7.66. The molecule has 1 aromatic heterocycles. The number of rotatable bonds is 6. The molecule has 0 amide bonds. The average Bonchev–Trinajstić information content (AvgIpc) is 2.85. The molecule has 2 heterocycles. The van der Waals surface area contributed by atoms with Crippen molar-refractivity contribution in [3.05, 3.63) is 18.2 Å². The minimum Gasteiger partial charge on any atom is -0.378 e. The Hall–Kier alpha value is -1.16. The first-order chi connectivity index (χ1) is 8.79. The number of aromatic nitrogens is 2. The van der Waals surface area contributed by atoms with Gasteiger partial charge in [0, 0.05) is 32.0 Å². The third-order valence-corrected chi connectivity index (χ3v) is 3.52. The van der Waals surface area contributed by atoms with Crippen molar-refractivity contribution in [1.82, 2.24) is 9.55 Å². The highest BCUT2D eigenvalue weighted by atomic mass is 16.5. The van der Waals surface area contributed by atoms with E-state index in [1.54, 1.807) is 6.20 Å². The van der Waals surface area contributed by atoms with E-state index in [1.807, 2.05) is 10.8 Å². The van der Waals surface area contributed by atoms with Crippen LogP contribution in [-0.4, -0.2) is 28.0 Å². The summed E-state index contributed by atoms with van der Waals surface area (Å²) in [6, 6.07) is 0. The molecule has 1 aliphatic heterocycles. The molecule has 1 aromatic rings. The fraction of sp³-hybridized carbons (Fsp3) is 0.714. The number of hydrogen-bond acceptors (Lipinski definition) is 3. The van der Waals surface area contributed by atoms with Gasteiger partial charge in [0.05, 0.1) is 12.5 Å². The van der Waals surface area contributed by atoms with Crippen LogP contribution in [0, 0.1) is 0 Å². The number of carbonyl (C=O) groups is 1. The molecule has 0 bridgehead atoms. The Bertz CT molecular complexity index is 381. The van der Waals surface area contributed by atoms with E-state index in [1.165, 1.54) is 12.8 Å². The van der Waals surface area contributed by atoms with Gasteiger partial charge in [-0.25, -0.2) is 4.98 Å². The molecule has 1 fully saturated rings. The Morgan fingerprint density at radius 2 is 2.44 bits per heavy atom. The highest BCUT2D eigenvalue weighted by Gasteiger charge is 2.16. The molecule has 2 rings (SSSR count). The van der Waals surface area contributed by atoms with Crippen LogP contribution < -0.4 is 0 Å². The summed E-state index contributed by atoms with van der Waals surface area (Å²) in [5.74, 6) is 1.15. The van der Waals surface area contributed by atoms with Crippen molar-refractivity contribution < 1.29 is 9.53 Å². The summed E-state index contributed by atoms with van der Waals surface area (Å²) in [5, 5.41) is 0. The minimum atomic E-state index is 0.269. The van der Waals surface area contributed by atoms with Crippen LogP contribution in [0.5, 0.6) is 0 Å². The van der Waals surface area contributed by atoms with E-state index in [2.05, 4.69) is 11.9 Å². The van der Waals surface area contributed by atoms with Crippen LogP contribution in [0.3, 0.4) is 0 Å². The van der Waals surface area contributed by atoms with Gasteiger partial charge in [0.1, 0.15) is 11.6 Å². The van der Waals surface area contributed by atoms with E-state index >= 15 is 0 Å². The summed E-state index contributed by atoms with van der Waals surface area (Å²) in [7, 11) is 0. The fourth-order valence-electron chi connectivity index (χ4n) is 2.42. The molecule has 0 aliphatic carbocycles. The Balaban J connectivity index is 1.74. The lowest BCUT2D eigenvalue weighted by Gasteiger charge is -2.22. The molecular weight excluding hydrogens is 228 g/mol. The molecule has 0 saturated carbocycles. The molecule has 18 heavy (non-hydrogen) atoms. The molecule has 1 saturated heterocycles. The van der Waals surface area contributed by atoms with E-state index in [9.17, 15) is 4.79 Å². The summed E-state index contributed by atoms with van der Waals surface area (Å²) >= 11 is 0. The number of nitrogens with zero attached hydrogens (tertiary/aromatic N) is 2. The normalized spacial score (nSPS) is 19.9. The monoisotopic (exact) mass is 250 g/mol. The summed E-state index contributed by atoms with van der Waals surface area (Å²) in [6.45, 7) is 3.79. The van der Waals surface area contributed by atoms with Crippen LogP contribution in [0.2, 0.25) is 0 Å². The van der Waals surface area contributed by atoms with Gasteiger partial charge in [0.25, 0.3) is 0 Å². The van der Waals surface area contributed by atoms with Gasteiger partial charge >= 0.3 is 0 Å². The zero-order chi connectivity index (χ0) is 12.8. The van der Waals surface area contributed by atoms with Gasteiger partial charge in [-0.2, -0.15) is 0 Å². The zero-order valence-electron chi connectivity index (χ0n) is 11.1. The Kier molecular flexibility index (Phi) is 4.93. The van der Waals surface area contributed by atoms with Crippen molar-refractivity contribution in [2.24, 2.45) is 0 Å². The van der Waals surface area contributed by atoms with Gasteiger partial charge in [0.15, 0.2) is 0 Å². The van der Waals surface area contributed by atoms with Crippen molar-refractivity contribution in [2.45, 2.75) is 58.1 Å². The molecule has 0 spiro atoms. The van der Waals surface area contributed by atoms with Crippen LogP contribution in [0.4, 0.5) is 0 Å². The maximum absolute atomic E-state index is 11.9. The maximum atomic E-state index is 11.9. The zero-order valence-corrected chi connectivity index (χ0v) is 11.1. The van der Waals surface area contributed by atoms with Crippen LogP contribution in [0.15, 0.2) is 12.4 Å². The highest BCUT2D eigenvalue weighted by Crippen LogP contribution is 2.17. The van der Waals surface area contributed by atoms with Crippen LogP contribution >= 0.6 is 0 Å². The number of imidazole rings is 1. The molecular formula is C14H22N2O2. The van der Waals surface area contributed by atoms with Gasteiger partial charge in [-0.3, -0.25) is 4.79 Å². The van der Waals surface area contributed by atoms with E-state index in [-0.39, 0.29) is 5.78 Å². The lowest BCUT2D eigenvalue weighted by Crippen LogP contribution is -2.20. The SMILES string of the molecule is CCn1ccnc1CC(=O)CCC1CCCCO1. The van der Waals surface area contributed by atoms with Crippen LogP contribution in [-0.2, 0) is 22.5 Å². The summed E-state index contributed by atoms with van der Waals surface area (Å²) in [5.41, 5.74) is 0. The first-order valence-electron chi connectivity index (χ1n) is 6.93. The lowest BCUT2D eigenvalue weighted by atomic mass is 10.0. The Labute approximate surface area is 108 Å². The second kappa shape index (κ2) is 6.69. The predicted octanol–water partition coefficient (Wildman–Crippen LogP) is 2.36. The molecule has 1 aliphatic rings. The molecule has 0 N–H and O–H groups in total. The summed E-state index contributed by atoms with van der Waals surface area (Å²) in [4.78, 5) is 16.1. The van der Waals surface area contributed by atoms with E-state index in [0.717, 1.165) is 31.8 Å². The molecule has 100 valence electrons. The predicted molar refractivity (Wildman–Crippen MR) is 69.4 cm³/mol. The van der Waals surface area contributed by atoms with E-state index in [0.29, 0.717) is 18.9 Å². The lowest BCUT2D eigenvalue weighted by molar-refractivity contribution is -0.119. The molecule has 4 heteroatoms. The van der Waals surface area contributed by atoms with E-state index < -0.39 is 0 Å². The fourth-order valence-corrected chi connectivity index (χ4v) is 2.42. The van der Waals surface area contributed by atoms with Crippen LogP contribution in [0.1, 0.15) is 44.9 Å². The number of Topliss-reactive ketones (excluding diaryl/α,β-unsaturated/α-hetero) is 1. The average molecular weight is 250 g/mol. The van der Waals surface area contributed by atoms with Crippen molar-refractivity contribution in [1.29, 1.82) is 0 Å². The number of aryl methyl sites for hydroxylation is 1.